The zero-order valence-electron chi connectivity index (χ0n) is 7.62. The summed E-state index contributed by atoms with van der Waals surface area (Å²) >= 11 is 5.60. The van der Waals surface area contributed by atoms with Crippen molar-refractivity contribution in [1.82, 2.24) is 4.90 Å². The standard InChI is InChI=1S/C8H16ClNO2/c1-7-11-6-8(12-7)5-10(2)4-3-9/h7-8H,3-6H2,1-2H3/t7-,8+/m0/s1. The van der Waals surface area contributed by atoms with E-state index in [0.29, 0.717) is 12.5 Å². The minimum absolute atomic E-state index is 0.0422. The Balaban J connectivity index is 2.14. The molecule has 1 heterocycles. The number of alkyl halides is 1. The maximum absolute atomic E-state index is 5.60. The van der Waals surface area contributed by atoms with Gasteiger partial charge in [-0.15, -0.1) is 11.6 Å². The molecule has 0 saturated carbocycles. The molecule has 12 heavy (non-hydrogen) atoms. The van der Waals surface area contributed by atoms with E-state index in [-0.39, 0.29) is 12.4 Å². The van der Waals surface area contributed by atoms with Crippen LogP contribution in [-0.2, 0) is 9.47 Å². The number of hydrogen-bond acceptors (Lipinski definition) is 3. The van der Waals surface area contributed by atoms with Crippen molar-refractivity contribution in [3.63, 3.8) is 0 Å². The summed E-state index contributed by atoms with van der Waals surface area (Å²) < 4.78 is 10.7. The quantitative estimate of drug-likeness (QED) is 0.620. The number of ether oxygens (including phenoxy) is 2. The molecular weight excluding hydrogens is 178 g/mol. The molecule has 0 radical (unpaired) electrons. The first-order valence-electron chi connectivity index (χ1n) is 4.24. The summed E-state index contributed by atoms with van der Waals surface area (Å²) in [6, 6.07) is 0. The number of hydrogen-bond donors (Lipinski definition) is 0. The molecule has 1 fully saturated rings. The van der Waals surface area contributed by atoms with Gasteiger partial charge in [0.1, 0.15) is 0 Å². The third-order valence-electron chi connectivity index (χ3n) is 1.88. The van der Waals surface area contributed by atoms with Gasteiger partial charge in [-0.3, -0.25) is 0 Å². The van der Waals surface area contributed by atoms with Gasteiger partial charge in [0.15, 0.2) is 6.29 Å². The van der Waals surface area contributed by atoms with E-state index in [1.807, 2.05) is 14.0 Å². The Morgan fingerprint density at radius 2 is 2.33 bits per heavy atom. The van der Waals surface area contributed by atoms with Crippen LogP contribution in [0.25, 0.3) is 0 Å². The van der Waals surface area contributed by atoms with Gasteiger partial charge in [0.05, 0.1) is 12.7 Å². The molecule has 1 aliphatic rings. The van der Waals surface area contributed by atoms with Crippen LogP contribution in [0.5, 0.6) is 0 Å². The molecule has 3 nitrogen and oxygen atoms in total. The van der Waals surface area contributed by atoms with Crippen molar-refractivity contribution >= 4 is 11.6 Å². The molecule has 4 heteroatoms. The number of halogens is 1. The highest BCUT2D eigenvalue weighted by molar-refractivity contribution is 6.18. The first kappa shape index (κ1) is 10.3. The second kappa shape index (κ2) is 5.02. The lowest BCUT2D eigenvalue weighted by Crippen LogP contribution is -2.32. The average Bonchev–Trinajstić information content (AvgIpc) is 2.36. The molecule has 2 atom stereocenters. The highest BCUT2D eigenvalue weighted by Gasteiger charge is 2.22. The Labute approximate surface area is 78.6 Å². The third kappa shape index (κ3) is 3.27. The van der Waals surface area contributed by atoms with E-state index in [1.54, 1.807) is 0 Å². The molecule has 0 spiro atoms. The van der Waals surface area contributed by atoms with Crippen LogP contribution < -0.4 is 0 Å². The van der Waals surface area contributed by atoms with Gasteiger partial charge in [-0.25, -0.2) is 0 Å². The molecule has 0 aromatic heterocycles. The zero-order valence-corrected chi connectivity index (χ0v) is 8.38. The van der Waals surface area contributed by atoms with E-state index in [2.05, 4.69) is 4.90 Å². The van der Waals surface area contributed by atoms with Gasteiger partial charge in [-0.05, 0) is 14.0 Å². The van der Waals surface area contributed by atoms with Crippen molar-refractivity contribution in [3.05, 3.63) is 0 Å². The lowest BCUT2D eigenvalue weighted by Gasteiger charge is -2.18. The Kier molecular flexibility index (Phi) is 4.29. The Bertz CT molecular complexity index is 134. The summed E-state index contributed by atoms with van der Waals surface area (Å²) in [5, 5.41) is 0. The van der Waals surface area contributed by atoms with Crippen molar-refractivity contribution in [2.24, 2.45) is 0 Å². The molecular formula is C8H16ClNO2. The van der Waals surface area contributed by atoms with Crippen LogP contribution in [0, 0.1) is 0 Å². The van der Waals surface area contributed by atoms with Crippen LogP contribution in [0.1, 0.15) is 6.92 Å². The van der Waals surface area contributed by atoms with E-state index in [0.717, 1.165) is 13.1 Å². The molecule has 72 valence electrons. The second-order valence-electron chi connectivity index (χ2n) is 3.11. The van der Waals surface area contributed by atoms with Gasteiger partial charge in [0, 0.05) is 19.0 Å². The maximum atomic E-state index is 5.60. The van der Waals surface area contributed by atoms with E-state index in [1.165, 1.54) is 0 Å². The number of nitrogens with zero attached hydrogens (tertiary/aromatic N) is 1. The summed E-state index contributed by atoms with van der Waals surface area (Å²) in [6.07, 6.45) is 0.174. The minimum Gasteiger partial charge on any atom is -0.350 e. The first-order valence-corrected chi connectivity index (χ1v) is 4.77. The lowest BCUT2D eigenvalue weighted by atomic mass is 10.3. The van der Waals surface area contributed by atoms with Crippen molar-refractivity contribution in [1.29, 1.82) is 0 Å². The van der Waals surface area contributed by atoms with E-state index < -0.39 is 0 Å². The summed E-state index contributed by atoms with van der Waals surface area (Å²) in [7, 11) is 2.04. The summed E-state index contributed by atoms with van der Waals surface area (Å²) in [5.41, 5.74) is 0. The van der Waals surface area contributed by atoms with Crippen LogP contribution in [0.3, 0.4) is 0 Å². The van der Waals surface area contributed by atoms with Crippen molar-refractivity contribution in [2.75, 3.05) is 32.6 Å². The number of rotatable bonds is 4. The summed E-state index contributed by atoms with van der Waals surface area (Å²) in [6.45, 7) is 4.42. The van der Waals surface area contributed by atoms with Gasteiger partial charge < -0.3 is 14.4 Å². The van der Waals surface area contributed by atoms with E-state index >= 15 is 0 Å². The fraction of sp³-hybridized carbons (Fsp3) is 1.00. The number of likely N-dealkylation sites (N-methyl/N-ethyl adjacent to an activating group) is 1. The van der Waals surface area contributed by atoms with Crippen LogP contribution in [0.4, 0.5) is 0 Å². The lowest BCUT2D eigenvalue weighted by molar-refractivity contribution is -0.0457. The highest BCUT2D eigenvalue weighted by Crippen LogP contribution is 2.11. The molecule has 0 aromatic carbocycles. The van der Waals surface area contributed by atoms with Gasteiger partial charge in [0.2, 0.25) is 0 Å². The predicted molar refractivity (Wildman–Crippen MR) is 48.5 cm³/mol. The maximum Gasteiger partial charge on any atom is 0.155 e. The Morgan fingerprint density at radius 1 is 1.58 bits per heavy atom. The summed E-state index contributed by atoms with van der Waals surface area (Å²) in [5.74, 6) is 0.666. The molecule has 0 aliphatic carbocycles. The molecule has 0 aromatic rings. The molecule has 0 N–H and O–H groups in total. The monoisotopic (exact) mass is 193 g/mol. The van der Waals surface area contributed by atoms with Gasteiger partial charge >= 0.3 is 0 Å². The van der Waals surface area contributed by atoms with Crippen molar-refractivity contribution in [2.45, 2.75) is 19.3 Å². The Morgan fingerprint density at radius 3 is 2.83 bits per heavy atom. The van der Waals surface area contributed by atoms with Crippen LogP contribution >= 0.6 is 11.6 Å². The molecule has 0 unspecified atom stereocenters. The third-order valence-corrected chi connectivity index (χ3v) is 2.05. The van der Waals surface area contributed by atoms with Crippen molar-refractivity contribution in [3.8, 4) is 0 Å². The minimum atomic E-state index is -0.0422. The largest absolute Gasteiger partial charge is 0.350 e. The van der Waals surface area contributed by atoms with Crippen LogP contribution in [-0.4, -0.2) is 49.9 Å². The fourth-order valence-electron chi connectivity index (χ4n) is 1.27. The van der Waals surface area contributed by atoms with Gasteiger partial charge in [0.25, 0.3) is 0 Å². The Hall–Kier alpha value is 0.170. The molecule has 1 aliphatic heterocycles. The second-order valence-corrected chi connectivity index (χ2v) is 3.49. The van der Waals surface area contributed by atoms with E-state index in [9.17, 15) is 0 Å². The van der Waals surface area contributed by atoms with Crippen molar-refractivity contribution < 1.29 is 9.47 Å². The molecule has 1 rings (SSSR count). The smallest absolute Gasteiger partial charge is 0.155 e. The first-order chi connectivity index (χ1) is 5.72. The van der Waals surface area contributed by atoms with Gasteiger partial charge in [-0.2, -0.15) is 0 Å². The molecule has 1 saturated heterocycles. The van der Waals surface area contributed by atoms with E-state index in [4.69, 9.17) is 21.1 Å². The SMILES string of the molecule is C[C@H]1OC[C@@H](CN(C)CCCl)O1. The topological polar surface area (TPSA) is 21.7 Å². The van der Waals surface area contributed by atoms with Crippen LogP contribution in [0.15, 0.2) is 0 Å². The summed E-state index contributed by atoms with van der Waals surface area (Å²) in [4.78, 5) is 2.15. The molecule has 0 amide bonds. The average molecular weight is 194 g/mol. The highest BCUT2D eigenvalue weighted by atomic mass is 35.5. The zero-order chi connectivity index (χ0) is 8.97. The normalized spacial score (nSPS) is 30.0. The molecule has 0 bridgehead atoms. The fourth-order valence-corrected chi connectivity index (χ4v) is 1.56. The predicted octanol–water partition coefficient (Wildman–Crippen LogP) is 0.918. The van der Waals surface area contributed by atoms with Gasteiger partial charge in [-0.1, -0.05) is 0 Å². The van der Waals surface area contributed by atoms with Crippen LogP contribution in [0.2, 0.25) is 0 Å².